The summed E-state index contributed by atoms with van der Waals surface area (Å²) in [6.07, 6.45) is 5.24. The van der Waals surface area contributed by atoms with Gasteiger partial charge in [-0.2, -0.15) is 0 Å². The van der Waals surface area contributed by atoms with Crippen LogP contribution in [0.3, 0.4) is 0 Å². The van der Waals surface area contributed by atoms with Crippen LogP contribution in [0.4, 0.5) is 0 Å². The van der Waals surface area contributed by atoms with Crippen molar-refractivity contribution in [3.8, 4) is 0 Å². The first-order valence-electron chi connectivity index (χ1n) is 9.23. The van der Waals surface area contributed by atoms with Gasteiger partial charge < -0.3 is 9.73 Å². The molecule has 0 spiro atoms. The van der Waals surface area contributed by atoms with E-state index >= 15 is 0 Å². The van der Waals surface area contributed by atoms with Gasteiger partial charge in [-0.15, -0.1) is 10.2 Å². The molecule has 0 saturated carbocycles. The van der Waals surface area contributed by atoms with Crippen LogP contribution in [0.15, 0.2) is 4.42 Å². The van der Waals surface area contributed by atoms with E-state index in [2.05, 4.69) is 48.1 Å². The third-order valence-electron chi connectivity index (χ3n) is 4.51. The van der Waals surface area contributed by atoms with Crippen molar-refractivity contribution in [1.29, 1.82) is 0 Å². The van der Waals surface area contributed by atoms with Gasteiger partial charge in [0.1, 0.15) is 0 Å². The smallest absolute Gasteiger partial charge is 0.230 e. The van der Waals surface area contributed by atoms with Crippen LogP contribution in [-0.2, 0) is 16.8 Å². The summed E-state index contributed by atoms with van der Waals surface area (Å²) in [7, 11) is 0. The Morgan fingerprint density at radius 3 is 2.54 bits per heavy atom. The molecule has 0 bridgehead atoms. The quantitative estimate of drug-likeness (QED) is 0.775. The third-order valence-corrected chi connectivity index (χ3v) is 4.51. The van der Waals surface area contributed by atoms with Crippen LogP contribution in [0.5, 0.6) is 0 Å². The van der Waals surface area contributed by atoms with E-state index in [-0.39, 0.29) is 17.2 Å². The zero-order valence-corrected chi connectivity index (χ0v) is 15.6. The lowest BCUT2D eigenvalue weighted by molar-refractivity contribution is -0.126. The van der Waals surface area contributed by atoms with Gasteiger partial charge in [-0.25, -0.2) is 0 Å². The standard InChI is InChI=1S/C18H32N4O2/c1-5-6-7-10-19-16(23)14-8-11-22(12-9-14)13-15-20-21-17(24-15)18(2,3)4/h14H,5-13H2,1-4H3,(H,19,23). The van der Waals surface area contributed by atoms with Crippen molar-refractivity contribution in [1.82, 2.24) is 20.4 Å². The molecule has 0 radical (unpaired) electrons. The normalized spacial score (nSPS) is 17.2. The van der Waals surface area contributed by atoms with Crippen LogP contribution in [-0.4, -0.2) is 40.6 Å². The van der Waals surface area contributed by atoms with E-state index in [1.54, 1.807) is 0 Å². The number of amides is 1. The molecular formula is C18H32N4O2. The monoisotopic (exact) mass is 336 g/mol. The minimum atomic E-state index is -0.117. The summed E-state index contributed by atoms with van der Waals surface area (Å²) >= 11 is 0. The van der Waals surface area contributed by atoms with Crippen LogP contribution in [0.25, 0.3) is 0 Å². The van der Waals surface area contributed by atoms with Crippen LogP contribution in [0.2, 0.25) is 0 Å². The zero-order valence-electron chi connectivity index (χ0n) is 15.6. The molecule has 1 amide bonds. The maximum atomic E-state index is 12.2. The second-order valence-corrected chi connectivity index (χ2v) is 7.80. The molecule has 0 aromatic carbocycles. The second-order valence-electron chi connectivity index (χ2n) is 7.80. The lowest BCUT2D eigenvalue weighted by atomic mass is 9.96. The van der Waals surface area contributed by atoms with E-state index in [0.29, 0.717) is 18.3 Å². The topological polar surface area (TPSA) is 71.3 Å². The second kappa shape index (κ2) is 8.60. The highest BCUT2D eigenvalue weighted by Crippen LogP contribution is 2.22. The summed E-state index contributed by atoms with van der Waals surface area (Å²) in [5.41, 5.74) is -0.117. The number of nitrogens with zero attached hydrogens (tertiary/aromatic N) is 3. The van der Waals surface area contributed by atoms with E-state index in [1.807, 2.05) is 0 Å². The van der Waals surface area contributed by atoms with Crippen molar-refractivity contribution in [2.75, 3.05) is 19.6 Å². The minimum absolute atomic E-state index is 0.117. The SMILES string of the molecule is CCCCCNC(=O)C1CCN(Cc2nnc(C(C)(C)C)o2)CC1. The molecule has 1 aliphatic rings. The summed E-state index contributed by atoms with van der Waals surface area (Å²) in [5, 5.41) is 11.4. The van der Waals surface area contributed by atoms with Gasteiger partial charge in [-0.1, -0.05) is 40.5 Å². The molecule has 0 aliphatic carbocycles. The number of aromatic nitrogens is 2. The average molecular weight is 336 g/mol. The number of carbonyl (C=O) groups excluding carboxylic acids is 1. The predicted molar refractivity (Wildman–Crippen MR) is 93.5 cm³/mol. The van der Waals surface area contributed by atoms with Gasteiger partial charge in [0.15, 0.2) is 0 Å². The molecule has 0 unspecified atom stereocenters. The number of hydrogen-bond acceptors (Lipinski definition) is 5. The molecule has 6 heteroatoms. The number of carbonyl (C=O) groups is 1. The Morgan fingerprint density at radius 1 is 1.25 bits per heavy atom. The molecule has 1 aromatic heterocycles. The number of nitrogens with one attached hydrogen (secondary N) is 1. The Hall–Kier alpha value is -1.43. The molecule has 136 valence electrons. The van der Waals surface area contributed by atoms with Crippen molar-refractivity contribution >= 4 is 5.91 Å². The number of rotatable bonds is 7. The summed E-state index contributed by atoms with van der Waals surface area (Å²) in [4.78, 5) is 14.5. The molecule has 1 aromatic rings. The summed E-state index contributed by atoms with van der Waals surface area (Å²) in [6.45, 7) is 11.7. The number of piperidine rings is 1. The maximum Gasteiger partial charge on any atom is 0.230 e. The van der Waals surface area contributed by atoms with Crippen molar-refractivity contribution in [3.05, 3.63) is 11.8 Å². The van der Waals surface area contributed by atoms with E-state index in [9.17, 15) is 4.79 Å². The Kier molecular flexibility index (Phi) is 6.78. The van der Waals surface area contributed by atoms with Crippen LogP contribution in [0, 0.1) is 5.92 Å². The molecule has 1 fully saturated rings. The highest BCUT2D eigenvalue weighted by atomic mass is 16.4. The van der Waals surface area contributed by atoms with Gasteiger partial charge in [0.2, 0.25) is 17.7 Å². The Labute approximate surface area is 145 Å². The van der Waals surface area contributed by atoms with Gasteiger partial charge in [-0.3, -0.25) is 9.69 Å². The minimum Gasteiger partial charge on any atom is -0.423 e. The first kappa shape index (κ1) is 18.9. The Bertz CT molecular complexity index is 513. The highest BCUT2D eigenvalue weighted by molar-refractivity contribution is 5.78. The van der Waals surface area contributed by atoms with E-state index in [0.717, 1.165) is 38.9 Å². The average Bonchev–Trinajstić information content (AvgIpc) is 3.01. The van der Waals surface area contributed by atoms with E-state index in [4.69, 9.17) is 4.42 Å². The fraction of sp³-hybridized carbons (Fsp3) is 0.833. The van der Waals surface area contributed by atoms with Crippen LogP contribution >= 0.6 is 0 Å². The van der Waals surface area contributed by atoms with Gasteiger partial charge in [0.05, 0.1) is 6.54 Å². The third kappa shape index (κ3) is 5.58. The lowest BCUT2D eigenvalue weighted by Crippen LogP contribution is -2.40. The molecule has 1 aliphatic heterocycles. The van der Waals surface area contributed by atoms with Gasteiger partial charge >= 0.3 is 0 Å². The summed E-state index contributed by atoms with van der Waals surface area (Å²) in [6, 6.07) is 0. The van der Waals surface area contributed by atoms with Gasteiger partial charge in [-0.05, 0) is 32.4 Å². The molecule has 0 atom stereocenters. The fourth-order valence-electron chi connectivity index (χ4n) is 2.90. The van der Waals surface area contributed by atoms with Crippen LogP contribution in [0.1, 0.15) is 71.6 Å². The molecule has 6 nitrogen and oxygen atoms in total. The number of likely N-dealkylation sites (tertiary alicyclic amines) is 1. The van der Waals surface area contributed by atoms with Crippen molar-refractivity contribution in [2.45, 2.75) is 71.8 Å². The molecular weight excluding hydrogens is 304 g/mol. The van der Waals surface area contributed by atoms with Crippen molar-refractivity contribution in [3.63, 3.8) is 0 Å². The van der Waals surface area contributed by atoms with E-state index < -0.39 is 0 Å². The Balaban J connectivity index is 1.72. The Morgan fingerprint density at radius 2 is 1.96 bits per heavy atom. The summed E-state index contributed by atoms with van der Waals surface area (Å²) in [5.74, 6) is 1.72. The number of unbranched alkanes of at least 4 members (excludes halogenated alkanes) is 2. The first-order valence-corrected chi connectivity index (χ1v) is 9.23. The maximum absolute atomic E-state index is 12.2. The molecule has 24 heavy (non-hydrogen) atoms. The molecule has 1 saturated heterocycles. The van der Waals surface area contributed by atoms with Gasteiger partial charge in [0, 0.05) is 17.9 Å². The largest absolute Gasteiger partial charge is 0.423 e. The van der Waals surface area contributed by atoms with Gasteiger partial charge in [0.25, 0.3) is 0 Å². The molecule has 1 N–H and O–H groups in total. The zero-order chi connectivity index (χ0) is 17.6. The summed E-state index contributed by atoms with van der Waals surface area (Å²) < 4.78 is 5.76. The molecule has 2 rings (SSSR count). The first-order chi connectivity index (χ1) is 11.4. The van der Waals surface area contributed by atoms with Crippen molar-refractivity contribution < 1.29 is 9.21 Å². The fourth-order valence-corrected chi connectivity index (χ4v) is 2.90. The van der Waals surface area contributed by atoms with Crippen molar-refractivity contribution in [2.24, 2.45) is 5.92 Å². The van der Waals surface area contributed by atoms with Crippen LogP contribution < -0.4 is 5.32 Å². The molecule has 2 heterocycles. The predicted octanol–water partition coefficient (Wildman–Crippen LogP) is 2.89. The number of hydrogen-bond donors (Lipinski definition) is 1. The van der Waals surface area contributed by atoms with E-state index in [1.165, 1.54) is 12.8 Å². The lowest BCUT2D eigenvalue weighted by Gasteiger charge is -2.30. The highest BCUT2D eigenvalue weighted by Gasteiger charge is 2.26.